The minimum atomic E-state index is -4.42. The van der Waals surface area contributed by atoms with Crippen LogP contribution in [0.15, 0.2) is 18.2 Å². The topological polar surface area (TPSA) is 29.0 Å². The van der Waals surface area contributed by atoms with E-state index < -0.39 is 11.7 Å². The van der Waals surface area contributed by atoms with Crippen LogP contribution in [0.4, 0.5) is 24.7 Å². The number of aryl methyl sites for hydroxylation is 1. The molecule has 1 aliphatic rings. The quantitative estimate of drug-likeness (QED) is 0.693. The number of aromatic nitrogens is 2. The minimum absolute atomic E-state index is 0.0232. The van der Waals surface area contributed by atoms with Gasteiger partial charge in [-0.3, -0.25) is 0 Å². The number of rotatable bonds is 1. The van der Waals surface area contributed by atoms with E-state index in [0.29, 0.717) is 35.4 Å². The van der Waals surface area contributed by atoms with Gasteiger partial charge in [-0.1, -0.05) is 23.2 Å². The molecule has 0 saturated heterocycles. The number of fused-ring (bicyclic) bond motifs is 1. The van der Waals surface area contributed by atoms with Gasteiger partial charge in [0.25, 0.3) is 0 Å². The zero-order chi connectivity index (χ0) is 16.1. The van der Waals surface area contributed by atoms with E-state index in [1.54, 1.807) is 11.8 Å². The highest BCUT2D eigenvalue weighted by Crippen LogP contribution is 2.41. The summed E-state index contributed by atoms with van der Waals surface area (Å²) < 4.78 is 38.1. The number of halogens is 5. The predicted octanol–water partition coefficient (Wildman–Crippen LogP) is 4.80. The number of nitrogens with zero attached hydrogens (tertiary/aromatic N) is 3. The fourth-order valence-electron chi connectivity index (χ4n) is 2.45. The molecule has 0 N–H and O–H groups in total. The molecule has 2 aromatic rings. The Morgan fingerprint density at radius 3 is 2.55 bits per heavy atom. The van der Waals surface area contributed by atoms with Gasteiger partial charge in [0, 0.05) is 12.1 Å². The summed E-state index contributed by atoms with van der Waals surface area (Å²) in [6.07, 6.45) is -3.81. The molecule has 116 valence electrons. The van der Waals surface area contributed by atoms with Crippen molar-refractivity contribution in [3.8, 4) is 0 Å². The van der Waals surface area contributed by atoms with E-state index in [0.717, 1.165) is 17.7 Å². The second kappa shape index (κ2) is 5.28. The lowest BCUT2D eigenvalue weighted by atomic mass is 10.2. The maximum absolute atomic E-state index is 12.7. The van der Waals surface area contributed by atoms with Gasteiger partial charge >= 0.3 is 6.18 Å². The van der Waals surface area contributed by atoms with Crippen molar-refractivity contribution in [3.63, 3.8) is 0 Å². The van der Waals surface area contributed by atoms with Gasteiger partial charge in [0.2, 0.25) is 0 Å². The Labute approximate surface area is 134 Å². The van der Waals surface area contributed by atoms with Crippen LogP contribution in [0.1, 0.15) is 17.0 Å². The molecule has 0 saturated carbocycles. The van der Waals surface area contributed by atoms with Crippen LogP contribution in [-0.4, -0.2) is 16.5 Å². The standard InChI is InChI=1S/C14H10Cl2F3N3/c1-7-20-12(16)9-4-5-22(13(9)21-7)11-3-2-8(6-10(11)15)14(17,18)19/h2-3,6H,4-5H2,1H3. The first-order chi connectivity index (χ1) is 10.3. The highest BCUT2D eigenvalue weighted by atomic mass is 35.5. The van der Waals surface area contributed by atoms with E-state index in [4.69, 9.17) is 23.2 Å². The first-order valence-corrected chi connectivity index (χ1v) is 7.20. The molecule has 0 spiro atoms. The molecule has 0 radical (unpaired) electrons. The van der Waals surface area contributed by atoms with E-state index in [1.165, 1.54) is 6.07 Å². The molecule has 3 rings (SSSR count). The molecule has 2 heterocycles. The van der Waals surface area contributed by atoms with Crippen LogP contribution in [0.3, 0.4) is 0 Å². The van der Waals surface area contributed by atoms with Crippen molar-refractivity contribution in [2.45, 2.75) is 19.5 Å². The maximum Gasteiger partial charge on any atom is 0.416 e. The van der Waals surface area contributed by atoms with Gasteiger partial charge in [0.1, 0.15) is 16.8 Å². The Kier molecular flexibility index (Phi) is 3.69. The number of hydrogen-bond donors (Lipinski definition) is 0. The third kappa shape index (κ3) is 2.61. The van der Waals surface area contributed by atoms with E-state index in [1.807, 2.05) is 0 Å². The summed E-state index contributed by atoms with van der Waals surface area (Å²) in [5, 5.41) is 0.392. The molecule has 8 heteroatoms. The molecule has 1 aromatic heterocycles. The van der Waals surface area contributed by atoms with Crippen molar-refractivity contribution in [2.75, 3.05) is 11.4 Å². The van der Waals surface area contributed by atoms with Crippen molar-refractivity contribution in [2.24, 2.45) is 0 Å². The van der Waals surface area contributed by atoms with Crippen LogP contribution in [0, 0.1) is 6.92 Å². The Bertz CT molecular complexity index is 747. The SMILES string of the molecule is Cc1nc(Cl)c2c(n1)N(c1ccc(C(F)(F)F)cc1Cl)CC2. The molecule has 3 nitrogen and oxygen atoms in total. The lowest BCUT2D eigenvalue weighted by Crippen LogP contribution is -2.16. The van der Waals surface area contributed by atoms with Crippen LogP contribution < -0.4 is 4.90 Å². The third-order valence-electron chi connectivity index (χ3n) is 3.45. The molecule has 0 atom stereocenters. The smallest absolute Gasteiger partial charge is 0.324 e. The third-order valence-corrected chi connectivity index (χ3v) is 4.07. The Hall–Kier alpha value is -1.53. The summed E-state index contributed by atoms with van der Waals surface area (Å²) >= 11 is 12.1. The minimum Gasteiger partial charge on any atom is -0.324 e. The van der Waals surface area contributed by atoms with Crippen LogP contribution in [-0.2, 0) is 12.6 Å². The van der Waals surface area contributed by atoms with Crippen molar-refractivity contribution >= 4 is 34.7 Å². The van der Waals surface area contributed by atoms with Crippen molar-refractivity contribution in [3.05, 3.63) is 45.3 Å². The average molecular weight is 348 g/mol. The Morgan fingerprint density at radius 2 is 1.91 bits per heavy atom. The van der Waals surface area contributed by atoms with Crippen molar-refractivity contribution in [1.29, 1.82) is 0 Å². The molecule has 0 unspecified atom stereocenters. The monoisotopic (exact) mass is 347 g/mol. The second-order valence-corrected chi connectivity index (χ2v) is 5.69. The summed E-state index contributed by atoms with van der Waals surface area (Å²) in [6, 6.07) is 3.28. The summed E-state index contributed by atoms with van der Waals surface area (Å²) in [6.45, 7) is 2.25. The number of anilines is 2. The van der Waals surface area contributed by atoms with Gasteiger partial charge in [-0.05, 0) is 31.5 Å². The van der Waals surface area contributed by atoms with Gasteiger partial charge in [-0.25, -0.2) is 9.97 Å². The molecule has 1 aromatic carbocycles. The van der Waals surface area contributed by atoms with Crippen LogP contribution in [0.2, 0.25) is 10.2 Å². The molecule has 0 aliphatic carbocycles. The van der Waals surface area contributed by atoms with Gasteiger partial charge in [0.05, 0.1) is 16.3 Å². The van der Waals surface area contributed by atoms with Crippen LogP contribution in [0.5, 0.6) is 0 Å². The van der Waals surface area contributed by atoms with Crippen molar-refractivity contribution in [1.82, 2.24) is 9.97 Å². The zero-order valence-corrected chi connectivity index (χ0v) is 12.9. The van der Waals surface area contributed by atoms with Gasteiger partial charge in [0.15, 0.2) is 0 Å². The zero-order valence-electron chi connectivity index (χ0n) is 11.4. The molecule has 0 bridgehead atoms. The maximum atomic E-state index is 12.7. The lowest BCUT2D eigenvalue weighted by Gasteiger charge is -2.21. The fraction of sp³-hybridized carbons (Fsp3) is 0.286. The highest BCUT2D eigenvalue weighted by molar-refractivity contribution is 6.33. The summed E-state index contributed by atoms with van der Waals surface area (Å²) in [4.78, 5) is 10.2. The predicted molar refractivity (Wildman–Crippen MR) is 78.9 cm³/mol. The Morgan fingerprint density at radius 1 is 1.18 bits per heavy atom. The first kappa shape index (κ1) is 15.4. The number of alkyl halides is 3. The van der Waals surface area contributed by atoms with Crippen LogP contribution >= 0.6 is 23.2 Å². The number of hydrogen-bond acceptors (Lipinski definition) is 3. The normalized spacial score (nSPS) is 14.4. The molecule has 1 aliphatic heterocycles. The van der Waals surface area contributed by atoms with E-state index >= 15 is 0 Å². The lowest BCUT2D eigenvalue weighted by molar-refractivity contribution is -0.137. The first-order valence-electron chi connectivity index (χ1n) is 6.44. The largest absolute Gasteiger partial charge is 0.416 e. The van der Waals surface area contributed by atoms with Gasteiger partial charge in [-0.2, -0.15) is 13.2 Å². The molecule has 22 heavy (non-hydrogen) atoms. The molecular weight excluding hydrogens is 338 g/mol. The summed E-state index contributed by atoms with van der Waals surface area (Å²) in [5.74, 6) is 1.10. The second-order valence-electron chi connectivity index (χ2n) is 4.93. The van der Waals surface area contributed by atoms with Crippen LogP contribution in [0.25, 0.3) is 0 Å². The summed E-state index contributed by atoms with van der Waals surface area (Å²) in [7, 11) is 0. The highest BCUT2D eigenvalue weighted by Gasteiger charge is 2.32. The summed E-state index contributed by atoms with van der Waals surface area (Å²) in [5.41, 5.74) is 0.475. The van der Waals surface area contributed by atoms with Crippen molar-refractivity contribution < 1.29 is 13.2 Å². The van der Waals surface area contributed by atoms with Gasteiger partial charge in [-0.15, -0.1) is 0 Å². The van der Waals surface area contributed by atoms with E-state index in [-0.39, 0.29) is 5.02 Å². The molecule has 0 amide bonds. The Balaban J connectivity index is 2.05. The average Bonchev–Trinajstić information content (AvgIpc) is 2.81. The fourth-order valence-corrected chi connectivity index (χ4v) is 3.04. The van der Waals surface area contributed by atoms with Gasteiger partial charge < -0.3 is 4.90 Å². The van der Waals surface area contributed by atoms with E-state index in [9.17, 15) is 13.2 Å². The number of benzene rings is 1. The molecule has 0 fully saturated rings. The van der Waals surface area contributed by atoms with E-state index in [2.05, 4.69) is 9.97 Å². The molecular formula is C14H10Cl2F3N3.